The molecule has 0 aromatic heterocycles. The second-order valence-electron chi connectivity index (χ2n) is 1.73. The first-order valence-corrected chi connectivity index (χ1v) is 3.24. The van der Waals surface area contributed by atoms with Crippen LogP contribution in [0, 0.1) is 0 Å². The summed E-state index contributed by atoms with van der Waals surface area (Å²) in [7, 11) is 3.29. The maximum Gasteiger partial charge on any atom is 0.0915 e. The molecule has 0 bridgehead atoms. The van der Waals surface area contributed by atoms with Gasteiger partial charge >= 0.3 is 0 Å². The molecule has 0 aliphatic rings. The Bertz CT molecular complexity index is 53.0. The summed E-state index contributed by atoms with van der Waals surface area (Å²) in [5, 5.41) is 0. The number of rotatable bonds is 7. The highest BCUT2D eigenvalue weighted by Crippen LogP contribution is 1.70. The van der Waals surface area contributed by atoms with Crippen molar-refractivity contribution in [1.82, 2.24) is 5.48 Å². The first-order valence-electron chi connectivity index (χ1n) is 3.24. The maximum atomic E-state index is 4.92. The fourth-order valence-electron chi connectivity index (χ4n) is 0.413. The van der Waals surface area contributed by atoms with Crippen LogP contribution in [0.5, 0.6) is 0 Å². The fourth-order valence-corrected chi connectivity index (χ4v) is 0.413. The van der Waals surface area contributed by atoms with Gasteiger partial charge in [0.1, 0.15) is 0 Å². The Hall–Kier alpha value is -0.160. The van der Waals surface area contributed by atoms with E-state index in [1.807, 2.05) is 0 Å². The van der Waals surface area contributed by atoms with Crippen LogP contribution in [0.2, 0.25) is 0 Å². The van der Waals surface area contributed by atoms with E-state index in [-0.39, 0.29) is 0 Å². The first kappa shape index (κ1) is 9.84. The molecule has 0 fully saturated rings. The van der Waals surface area contributed by atoms with Crippen LogP contribution in [0.25, 0.3) is 0 Å². The summed E-state index contributed by atoms with van der Waals surface area (Å²) in [5.74, 6) is 0. The van der Waals surface area contributed by atoms with Crippen molar-refractivity contribution in [2.24, 2.45) is 0 Å². The highest BCUT2D eigenvalue weighted by Gasteiger charge is 1.85. The summed E-state index contributed by atoms with van der Waals surface area (Å²) in [6, 6.07) is 0. The van der Waals surface area contributed by atoms with E-state index in [0.29, 0.717) is 26.4 Å². The van der Waals surface area contributed by atoms with Crippen LogP contribution in [-0.4, -0.2) is 40.6 Å². The quantitative estimate of drug-likeness (QED) is 0.402. The van der Waals surface area contributed by atoms with Crippen LogP contribution in [0.4, 0.5) is 0 Å². The van der Waals surface area contributed by atoms with E-state index < -0.39 is 0 Å². The lowest BCUT2D eigenvalue weighted by Gasteiger charge is -2.03. The molecule has 4 nitrogen and oxygen atoms in total. The number of ether oxygens (including phenoxy) is 2. The molecule has 0 radical (unpaired) electrons. The monoisotopic (exact) mass is 149 g/mol. The Kier molecular flexibility index (Phi) is 8.70. The van der Waals surface area contributed by atoms with E-state index in [1.54, 1.807) is 14.2 Å². The zero-order chi connectivity index (χ0) is 7.66. The molecule has 0 rings (SSSR count). The van der Waals surface area contributed by atoms with E-state index in [2.05, 4.69) is 5.48 Å². The van der Waals surface area contributed by atoms with Crippen LogP contribution in [0.15, 0.2) is 0 Å². The topological polar surface area (TPSA) is 39.7 Å². The Morgan fingerprint density at radius 3 is 2.30 bits per heavy atom. The molecule has 0 saturated carbocycles. The van der Waals surface area contributed by atoms with Crippen LogP contribution < -0.4 is 5.48 Å². The van der Waals surface area contributed by atoms with E-state index in [0.717, 1.165) is 0 Å². The van der Waals surface area contributed by atoms with Crippen LogP contribution in [0.3, 0.4) is 0 Å². The van der Waals surface area contributed by atoms with E-state index in [1.165, 1.54) is 0 Å². The molecule has 4 heteroatoms. The Morgan fingerprint density at radius 2 is 1.70 bits per heavy atom. The molecular formula is C6H15NO3. The van der Waals surface area contributed by atoms with E-state index in [9.17, 15) is 0 Å². The van der Waals surface area contributed by atoms with Gasteiger partial charge in [0.25, 0.3) is 0 Å². The van der Waals surface area contributed by atoms with Crippen molar-refractivity contribution in [2.75, 3.05) is 40.6 Å². The number of methoxy groups -OCH3 is 2. The lowest BCUT2D eigenvalue weighted by atomic mass is 10.7. The summed E-state index contributed by atoms with van der Waals surface area (Å²) < 4.78 is 9.53. The molecule has 0 unspecified atom stereocenters. The van der Waals surface area contributed by atoms with Crippen LogP contribution >= 0.6 is 0 Å². The number of hydrogen-bond donors (Lipinski definition) is 1. The van der Waals surface area contributed by atoms with Gasteiger partial charge in [0.2, 0.25) is 0 Å². The van der Waals surface area contributed by atoms with Gasteiger partial charge in [-0.15, -0.1) is 0 Å². The predicted molar refractivity (Wildman–Crippen MR) is 37.7 cm³/mol. The lowest BCUT2D eigenvalue weighted by molar-refractivity contribution is -0.00174. The summed E-state index contributed by atoms with van der Waals surface area (Å²) in [4.78, 5) is 4.92. The highest BCUT2D eigenvalue weighted by molar-refractivity contribution is 4.29. The molecule has 0 spiro atoms. The molecule has 0 amide bonds. The standard InChI is InChI=1S/C6H15NO3/c1-8-4-3-7-10-6-5-9-2/h7H,3-6H2,1-2H3. The third kappa shape index (κ3) is 7.84. The van der Waals surface area contributed by atoms with E-state index >= 15 is 0 Å². The predicted octanol–water partition coefficient (Wildman–Crippen LogP) is -0.200. The number of nitrogens with one attached hydrogen (secondary N) is 1. The van der Waals surface area contributed by atoms with Crippen LogP contribution in [0.1, 0.15) is 0 Å². The second kappa shape index (κ2) is 8.84. The van der Waals surface area contributed by atoms with Gasteiger partial charge in [0.15, 0.2) is 0 Å². The third-order valence-corrected chi connectivity index (χ3v) is 0.900. The van der Waals surface area contributed by atoms with Gasteiger partial charge < -0.3 is 9.47 Å². The summed E-state index contributed by atoms with van der Waals surface area (Å²) in [5.41, 5.74) is 2.72. The van der Waals surface area contributed by atoms with Crippen molar-refractivity contribution in [3.05, 3.63) is 0 Å². The molecule has 0 aliphatic heterocycles. The lowest BCUT2D eigenvalue weighted by Crippen LogP contribution is -2.21. The SMILES string of the molecule is COCCNOCCOC. The van der Waals surface area contributed by atoms with Crippen molar-refractivity contribution in [2.45, 2.75) is 0 Å². The average Bonchev–Trinajstić information content (AvgIpc) is 1.97. The molecule has 0 heterocycles. The first-order chi connectivity index (χ1) is 4.91. The van der Waals surface area contributed by atoms with Crippen molar-refractivity contribution < 1.29 is 14.3 Å². The van der Waals surface area contributed by atoms with Gasteiger partial charge in [-0.1, -0.05) is 0 Å². The average molecular weight is 149 g/mol. The fraction of sp³-hybridized carbons (Fsp3) is 1.00. The van der Waals surface area contributed by atoms with Crippen molar-refractivity contribution >= 4 is 0 Å². The smallest absolute Gasteiger partial charge is 0.0915 e. The minimum Gasteiger partial charge on any atom is -0.383 e. The Labute approximate surface area is 61.4 Å². The van der Waals surface area contributed by atoms with Gasteiger partial charge in [-0.3, -0.25) is 4.84 Å². The largest absolute Gasteiger partial charge is 0.383 e. The van der Waals surface area contributed by atoms with Gasteiger partial charge in [-0.25, -0.2) is 5.48 Å². The van der Waals surface area contributed by atoms with Gasteiger partial charge in [0.05, 0.1) is 19.8 Å². The number of hydrogen-bond acceptors (Lipinski definition) is 4. The van der Waals surface area contributed by atoms with Crippen molar-refractivity contribution in [1.29, 1.82) is 0 Å². The molecule has 62 valence electrons. The maximum absolute atomic E-state index is 4.92. The van der Waals surface area contributed by atoms with Gasteiger partial charge in [-0.05, 0) is 0 Å². The molecule has 1 N–H and O–H groups in total. The summed E-state index contributed by atoms with van der Waals surface area (Å²) in [6.07, 6.45) is 0. The zero-order valence-electron chi connectivity index (χ0n) is 6.55. The zero-order valence-corrected chi connectivity index (χ0v) is 6.55. The highest BCUT2D eigenvalue weighted by atomic mass is 16.7. The van der Waals surface area contributed by atoms with Crippen LogP contribution in [-0.2, 0) is 14.3 Å². The minimum absolute atomic E-state index is 0.570. The summed E-state index contributed by atoms with van der Waals surface area (Å²) in [6.45, 7) is 2.55. The molecule has 10 heavy (non-hydrogen) atoms. The molecule has 0 aliphatic carbocycles. The molecule has 0 aromatic rings. The molecule has 0 saturated heterocycles. The van der Waals surface area contributed by atoms with Crippen molar-refractivity contribution in [3.63, 3.8) is 0 Å². The molecule has 0 atom stereocenters. The van der Waals surface area contributed by atoms with Gasteiger partial charge in [-0.2, -0.15) is 0 Å². The Morgan fingerprint density at radius 1 is 1.00 bits per heavy atom. The molecular weight excluding hydrogens is 134 g/mol. The van der Waals surface area contributed by atoms with Gasteiger partial charge in [0, 0.05) is 20.8 Å². The number of hydroxylamine groups is 1. The van der Waals surface area contributed by atoms with Crippen molar-refractivity contribution in [3.8, 4) is 0 Å². The summed E-state index contributed by atoms with van der Waals surface area (Å²) >= 11 is 0. The normalized spacial score (nSPS) is 10.2. The third-order valence-electron chi connectivity index (χ3n) is 0.900. The van der Waals surface area contributed by atoms with E-state index in [4.69, 9.17) is 14.3 Å². The Balaban J connectivity index is 2.65. The minimum atomic E-state index is 0.570. The second-order valence-corrected chi connectivity index (χ2v) is 1.73. The molecule has 0 aromatic carbocycles.